The summed E-state index contributed by atoms with van der Waals surface area (Å²) in [6.07, 6.45) is 0. The average molecular weight is 194 g/mol. The molecule has 0 spiro atoms. The van der Waals surface area contributed by atoms with Crippen molar-refractivity contribution in [1.29, 1.82) is 0 Å². The Hall–Kier alpha value is -1.25. The molecule has 1 aliphatic rings. The molecule has 2 rings (SSSR count). The van der Waals surface area contributed by atoms with Gasteiger partial charge >= 0.3 is 0 Å². The highest BCUT2D eigenvalue weighted by Crippen LogP contribution is 2.27. The van der Waals surface area contributed by atoms with Crippen molar-refractivity contribution in [2.45, 2.75) is 19.9 Å². The van der Waals surface area contributed by atoms with Crippen LogP contribution < -0.4 is 10.6 Å². The molecule has 76 valence electrons. The molecular formula is C11H15FN2. The molecule has 1 heterocycles. The summed E-state index contributed by atoms with van der Waals surface area (Å²) >= 11 is 0. The molecule has 1 aromatic carbocycles. The van der Waals surface area contributed by atoms with Crippen molar-refractivity contribution in [1.82, 2.24) is 0 Å². The topological polar surface area (TPSA) is 24.1 Å². The lowest BCUT2D eigenvalue weighted by atomic mass is 10.0. The van der Waals surface area contributed by atoms with Crippen molar-refractivity contribution in [3.8, 4) is 0 Å². The van der Waals surface area contributed by atoms with Gasteiger partial charge in [0, 0.05) is 12.6 Å². The van der Waals surface area contributed by atoms with E-state index in [2.05, 4.69) is 24.5 Å². The highest BCUT2D eigenvalue weighted by atomic mass is 19.1. The van der Waals surface area contributed by atoms with Crippen molar-refractivity contribution < 1.29 is 4.39 Å². The normalized spacial score (nSPS) is 25.6. The fourth-order valence-electron chi connectivity index (χ4n) is 1.63. The molecule has 1 aromatic rings. The Labute approximate surface area is 83.5 Å². The zero-order chi connectivity index (χ0) is 10.1. The summed E-state index contributed by atoms with van der Waals surface area (Å²) in [5.74, 6) is 0.338. The van der Waals surface area contributed by atoms with Crippen LogP contribution in [-0.4, -0.2) is 12.6 Å². The van der Waals surface area contributed by atoms with E-state index < -0.39 is 0 Å². The molecule has 2 unspecified atom stereocenters. The lowest BCUT2D eigenvalue weighted by Gasteiger charge is -2.17. The Morgan fingerprint density at radius 2 is 2.07 bits per heavy atom. The highest BCUT2D eigenvalue weighted by Gasteiger charge is 2.18. The van der Waals surface area contributed by atoms with Crippen LogP contribution in [0.15, 0.2) is 18.2 Å². The predicted molar refractivity (Wildman–Crippen MR) is 57.1 cm³/mol. The molecule has 0 saturated carbocycles. The number of hydrogen-bond acceptors (Lipinski definition) is 2. The molecule has 2 atom stereocenters. The highest BCUT2D eigenvalue weighted by molar-refractivity contribution is 5.69. The average Bonchev–Trinajstić information content (AvgIpc) is 2.27. The van der Waals surface area contributed by atoms with Crippen molar-refractivity contribution in [3.05, 3.63) is 24.0 Å². The van der Waals surface area contributed by atoms with Gasteiger partial charge in [-0.15, -0.1) is 0 Å². The standard InChI is InChI=1S/C11H15FN2/c1-7-6-13-10-4-3-9(12)5-11(10)14-8(7)2/h3-5,7-8,13-14H,6H2,1-2H3. The van der Waals surface area contributed by atoms with E-state index in [1.54, 1.807) is 6.07 Å². The fourth-order valence-corrected chi connectivity index (χ4v) is 1.63. The fraction of sp³-hybridized carbons (Fsp3) is 0.455. The van der Waals surface area contributed by atoms with Crippen molar-refractivity contribution in [3.63, 3.8) is 0 Å². The van der Waals surface area contributed by atoms with E-state index in [4.69, 9.17) is 0 Å². The summed E-state index contributed by atoms with van der Waals surface area (Å²) in [6, 6.07) is 5.17. The van der Waals surface area contributed by atoms with Crippen molar-refractivity contribution in [2.24, 2.45) is 5.92 Å². The Morgan fingerprint density at radius 3 is 2.86 bits per heavy atom. The molecule has 2 N–H and O–H groups in total. The van der Waals surface area contributed by atoms with Gasteiger partial charge in [0.15, 0.2) is 0 Å². The molecule has 0 radical (unpaired) electrons. The third-order valence-electron chi connectivity index (χ3n) is 2.83. The van der Waals surface area contributed by atoms with E-state index in [0.29, 0.717) is 12.0 Å². The number of anilines is 2. The molecule has 0 saturated heterocycles. The molecule has 0 aliphatic carbocycles. The molecule has 3 heteroatoms. The number of rotatable bonds is 0. The van der Waals surface area contributed by atoms with E-state index in [9.17, 15) is 4.39 Å². The van der Waals surface area contributed by atoms with Crippen LogP contribution in [0.25, 0.3) is 0 Å². The van der Waals surface area contributed by atoms with Gasteiger partial charge in [0.1, 0.15) is 5.82 Å². The molecule has 0 amide bonds. The van der Waals surface area contributed by atoms with E-state index in [0.717, 1.165) is 17.9 Å². The number of fused-ring (bicyclic) bond motifs is 1. The summed E-state index contributed by atoms with van der Waals surface area (Å²) < 4.78 is 13.0. The first-order chi connectivity index (χ1) is 6.66. The van der Waals surface area contributed by atoms with E-state index in [1.807, 2.05) is 0 Å². The van der Waals surface area contributed by atoms with E-state index >= 15 is 0 Å². The summed E-state index contributed by atoms with van der Waals surface area (Å²) in [4.78, 5) is 0. The molecule has 0 aromatic heterocycles. The molecule has 14 heavy (non-hydrogen) atoms. The SMILES string of the molecule is CC1CNc2ccc(F)cc2NC1C. The summed E-state index contributed by atoms with van der Waals surface area (Å²) in [5, 5.41) is 6.61. The van der Waals surface area contributed by atoms with E-state index in [1.165, 1.54) is 12.1 Å². The van der Waals surface area contributed by atoms with Gasteiger partial charge in [-0.3, -0.25) is 0 Å². The van der Waals surface area contributed by atoms with E-state index in [-0.39, 0.29) is 5.82 Å². The number of nitrogens with one attached hydrogen (secondary N) is 2. The Kier molecular flexibility index (Phi) is 2.32. The van der Waals surface area contributed by atoms with Gasteiger partial charge in [-0.1, -0.05) is 6.92 Å². The summed E-state index contributed by atoms with van der Waals surface area (Å²) in [6.45, 7) is 5.21. The van der Waals surface area contributed by atoms with Crippen LogP contribution in [0.5, 0.6) is 0 Å². The number of benzene rings is 1. The number of hydrogen-bond donors (Lipinski definition) is 2. The van der Waals surface area contributed by atoms with Crippen molar-refractivity contribution >= 4 is 11.4 Å². The minimum Gasteiger partial charge on any atom is -0.383 e. The van der Waals surface area contributed by atoms with Gasteiger partial charge in [-0.05, 0) is 31.0 Å². The van der Waals surface area contributed by atoms with Crippen LogP contribution in [0.4, 0.5) is 15.8 Å². The Morgan fingerprint density at radius 1 is 1.29 bits per heavy atom. The van der Waals surface area contributed by atoms with Gasteiger partial charge in [-0.25, -0.2) is 4.39 Å². The second-order valence-corrected chi connectivity index (χ2v) is 3.98. The number of halogens is 1. The zero-order valence-corrected chi connectivity index (χ0v) is 8.47. The Bertz CT molecular complexity index is 338. The van der Waals surface area contributed by atoms with Gasteiger partial charge in [0.05, 0.1) is 11.4 Å². The smallest absolute Gasteiger partial charge is 0.125 e. The lowest BCUT2D eigenvalue weighted by Crippen LogP contribution is -2.25. The first-order valence-corrected chi connectivity index (χ1v) is 4.97. The summed E-state index contributed by atoms with van der Waals surface area (Å²) in [7, 11) is 0. The maximum absolute atomic E-state index is 13.0. The predicted octanol–water partition coefficient (Wildman–Crippen LogP) is 2.69. The largest absolute Gasteiger partial charge is 0.383 e. The maximum Gasteiger partial charge on any atom is 0.125 e. The van der Waals surface area contributed by atoms with Gasteiger partial charge < -0.3 is 10.6 Å². The van der Waals surface area contributed by atoms with Crippen LogP contribution in [0.2, 0.25) is 0 Å². The second kappa shape index (κ2) is 3.48. The van der Waals surface area contributed by atoms with Crippen LogP contribution >= 0.6 is 0 Å². The molecular weight excluding hydrogens is 179 g/mol. The van der Waals surface area contributed by atoms with Crippen molar-refractivity contribution in [2.75, 3.05) is 17.2 Å². The molecule has 0 bridgehead atoms. The minimum absolute atomic E-state index is 0.195. The molecule has 0 fully saturated rings. The van der Waals surface area contributed by atoms with Crippen LogP contribution in [0.1, 0.15) is 13.8 Å². The quantitative estimate of drug-likeness (QED) is 0.663. The summed E-state index contributed by atoms with van der Waals surface area (Å²) in [5.41, 5.74) is 1.85. The monoisotopic (exact) mass is 194 g/mol. The third-order valence-corrected chi connectivity index (χ3v) is 2.83. The lowest BCUT2D eigenvalue weighted by molar-refractivity contribution is 0.542. The van der Waals surface area contributed by atoms with Gasteiger partial charge in [-0.2, -0.15) is 0 Å². The third kappa shape index (κ3) is 1.67. The zero-order valence-electron chi connectivity index (χ0n) is 8.47. The minimum atomic E-state index is -0.195. The molecule has 2 nitrogen and oxygen atoms in total. The van der Waals surface area contributed by atoms with Gasteiger partial charge in [0.2, 0.25) is 0 Å². The Balaban J connectivity index is 2.33. The van der Waals surface area contributed by atoms with Crippen LogP contribution in [-0.2, 0) is 0 Å². The van der Waals surface area contributed by atoms with Crippen LogP contribution in [0, 0.1) is 11.7 Å². The molecule has 1 aliphatic heterocycles. The second-order valence-electron chi connectivity index (χ2n) is 3.98. The first kappa shape index (κ1) is 9.31. The van der Waals surface area contributed by atoms with Crippen LogP contribution in [0.3, 0.4) is 0 Å². The maximum atomic E-state index is 13.0. The van der Waals surface area contributed by atoms with Gasteiger partial charge in [0.25, 0.3) is 0 Å². The first-order valence-electron chi connectivity index (χ1n) is 4.97.